The number of rotatable bonds is 10. The van der Waals surface area contributed by atoms with Crippen molar-refractivity contribution >= 4 is 44.9 Å². The van der Waals surface area contributed by atoms with Crippen LogP contribution in [-0.4, -0.2) is 64.9 Å². The van der Waals surface area contributed by atoms with Gasteiger partial charge in [0.05, 0.1) is 6.04 Å². The summed E-state index contributed by atoms with van der Waals surface area (Å²) in [7, 11) is -0.333. The molecule has 1 saturated heterocycles. The van der Waals surface area contributed by atoms with Crippen molar-refractivity contribution in [3.63, 3.8) is 0 Å². The van der Waals surface area contributed by atoms with Crippen LogP contribution in [0.15, 0.2) is 48.5 Å². The molecule has 2 aromatic carbocycles. The Labute approximate surface area is 230 Å². The van der Waals surface area contributed by atoms with Crippen molar-refractivity contribution in [2.75, 3.05) is 30.1 Å². The Bertz CT molecular complexity index is 1230. The van der Waals surface area contributed by atoms with E-state index in [1.807, 2.05) is 42.7 Å². The van der Waals surface area contributed by atoms with Crippen LogP contribution >= 0.6 is 22.2 Å². The van der Waals surface area contributed by atoms with Gasteiger partial charge in [0.15, 0.2) is 0 Å². The predicted octanol–water partition coefficient (Wildman–Crippen LogP) is 4.48. The van der Waals surface area contributed by atoms with Gasteiger partial charge in [-0.2, -0.15) is 27.5 Å². The molecule has 0 spiro atoms. The van der Waals surface area contributed by atoms with Gasteiger partial charge < -0.3 is 15.4 Å². The average molecular weight is 552 g/mol. The summed E-state index contributed by atoms with van der Waals surface area (Å²) in [5.41, 5.74) is 4.49. The summed E-state index contributed by atoms with van der Waals surface area (Å²) < 4.78 is 5.55. The Balaban J connectivity index is 1.36. The first kappa shape index (κ1) is 27.9. The van der Waals surface area contributed by atoms with E-state index in [9.17, 15) is 19.6 Å². The summed E-state index contributed by atoms with van der Waals surface area (Å²) in [6, 6.07) is 16.6. The van der Waals surface area contributed by atoms with E-state index in [4.69, 9.17) is 4.74 Å². The van der Waals surface area contributed by atoms with E-state index in [0.29, 0.717) is 12.2 Å². The molecule has 0 unspecified atom stereocenters. The quantitative estimate of drug-likeness (QED) is 0.422. The second kappa shape index (κ2) is 13.1. The van der Waals surface area contributed by atoms with Gasteiger partial charge >= 0.3 is 6.09 Å². The molecule has 0 bridgehead atoms. The minimum absolute atomic E-state index is 0.0813. The zero-order chi connectivity index (χ0) is 27.1. The van der Waals surface area contributed by atoms with Gasteiger partial charge in [0.25, 0.3) is 0 Å². The molecule has 2 N–H and O–H groups in total. The van der Waals surface area contributed by atoms with E-state index in [1.54, 1.807) is 18.7 Å². The fraction of sp³-hybridized carbons (Fsp3) is 0.414. The molecule has 1 aliphatic heterocycles. The second-order valence-electron chi connectivity index (χ2n) is 9.45. The molecule has 200 valence electrons. The SMILES string of the molecule is CSCC[C@H](NC(=O)[C@H](C)NC(=O)OCC1c2ccccc2-c2ccccc21)C(=O)C(C#N)=S1CCCC1. The highest BCUT2D eigenvalue weighted by Gasteiger charge is 2.31. The van der Waals surface area contributed by atoms with Crippen molar-refractivity contribution in [1.29, 1.82) is 5.26 Å². The lowest BCUT2D eigenvalue weighted by Crippen LogP contribution is -2.51. The number of carbonyl (C=O) groups is 3. The van der Waals surface area contributed by atoms with Crippen LogP contribution in [0, 0.1) is 11.3 Å². The van der Waals surface area contributed by atoms with Crippen LogP contribution in [0.2, 0.25) is 0 Å². The van der Waals surface area contributed by atoms with Gasteiger partial charge in [-0.05, 0) is 72.0 Å². The maximum atomic E-state index is 13.2. The Morgan fingerprint density at radius 2 is 1.66 bits per heavy atom. The van der Waals surface area contributed by atoms with E-state index < -0.39 is 24.1 Å². The number of ether oxygens (including phenoxy) is 1. The smallest absolute Gasteiger partial charge is 0.407 e. The number of amides is 2. The Kier molecular flexibility index (Phi) is 9.64. The number of thioether (sulfide) groups is 1. The number of alkyl carbamates (subject to hydrolysis) is 1. The van der Waals surface area contributed by atoms with Gasteiger partial charge in [-0.3, -0.25) is 9.59 Å². The summed E-state index contributed by atoms with van der Waals surface area (Å²) in [5.74, 6) is 1.52. The number of nitrogens with zero attached hydrogens (tertiary/aromatic N) is 1. The van der Waals surface area contributed by atoms with Crippen LogP contribution in [0.4, 0.5) is 4.79 Å². The molecule has 1 heterocycles. The van der Waals surface area contributed by atoms with Crippen LogP contribution in [-0.2, 0) is 14.3 Å². The predicted molar refractivity (Wildman–Crippen MR) is 155 cm³/mol. The third-order valence-corrected chi connectivity index (χ3v) is 10.0. The summed E-state index contributed by atoms with van der Waals surface area (Å²) in [6.07, 6.45) is 3.69. The molecular formula is C29H33N3O4S2. The van der Waals surface area contributed by atoms with E-state index in [-0.39, 0.29) is 33.7 Å². The number of fused-ring (bicyclic) bond motifs is 3. The summed E-state index contributed by atoms with van der Waals surface area (Å²) >= 11 is 1.57. The zero-order valence-electron chi connectivity index (χ0n) is 21.7. The van der Waals surface area contributed by atoms with Gasteiger partial charge in [0, 0.05) is 5.92 Å². The minimum atomic E-state index is -0.908. The van der Waals surface area contributed by atoms with E-state index in [2.05, 4.69) is 28.8 Å². The molecule has 1 fully saturated rings. The number of Topliss-reactive ketones (excluding diaryl/α,β-unsaturated/α-hetero) is 1. The molecule has 1 aliphatic carbocycles. The zero-order valence-corrected chi connectivity index (χ0v) is 23.3. The molecule has 38 heavy (non-hydrogen) atoms. The van der Waals surface area contributed by atoms with Gasteiger partial charge in [-0.15, -0.1) is 0 Å². The molecule has 7 nitrogen and oxygen atoms in total. The molecule has 9 heteroatoms. The van der Waals surface area contributed by atoms with Gasteiger partial charge in [0.2, 0.25) is 11.7 Å². The Morgan fingerprint density at radius 1 is 1.05 bits per heavy atom. The fourth-order valence-electron chi connectivity index (χ4n) is 4.96. The van der Waals surface area contributed by atoms with Gasteiger partial charge in [-0.1, -0.05) is 48.5 Å². The molecule has 0 aromatic heterocycles. The lowest BCUT2D eigenvalue weighted by molar-refractivity contribution is -0.126. The summed E-state index contributed by atoms with van der Waals surface area (Å²) in [6.45, 7) is 1.70. The minimum Gasteiger partial charge on any atom is -0.449 e. The number of hydrogen-bond acceptors (Lipinski definition) is 6. The molecule has 0 saturated carbocycles. The largest absolute Gasteiger partial charge is 0.449 e. The molecule has 2 amide bonds. The highest BCUT2D eigenvalue weighted by atomic mass is 32.2. The average Bonchev–Trinajstić information content (AvgIpc) is 3.57. The normalized spacial score (nSPS) is 16.0. The lowest BCUT2D eigenvalue weighted by Gasteiger charge is -2.21. The number of nitrogens with one attached hydrogen (secondary N) is 2. The van der Waals surface area contributed by atoms with Crippen molar-refractivity contribution in [3.8, 4) is 17.2 Å². The van der Waals surface area contributed by atoms with E-state index >= 15 is 0 Å². The van der Waals surface area contributed by atoms with Crippen molar-refractivity contribution in [3.05, 3.63) is 59.7 Å². The fourth-order valence-corrected chi connectivity index (χ4v) is 7.71. The highest BCUT2D eigenvalue weighted by molar-refractivity contribution is 8.17. The van der Waals surface area contributed by atoms with Crippen molar-refractivity contribution < 1.29 is 19.1 Å². The third kappa shape index (κ3) is 6.30. The van der Waals surface area contributed by atoms with E-state index in [1.165, 1.54) is 0 Å². The first-order valence-corrected chi connectivity index (χ1v) is 15.8. The monoisotopic (exact) mass is 551 g/mol. The molecular weight excluding hydrogens is 518 g/mol. The number of ketones is 1. The van der Waals surface area contributed by atoms with Crippen molar-refractivity contribution in [1.82, 2.24) is 10.6 Å². The van der Waals surface area contributed by atoms with Gasteiger partial charge in [0.1, 0.15) is 23.6 Å². The van der Waals surface area contributed by atoms with Crippen LogP contribution in [0.1, 0.15) is 43.2 Å². The van der Waals surface area contributed by atoms with E-state index in [0.717, 1.165) is 46.6 Å². The molecule has 2 atom stereocenters. The second-order valence-corrected chi connectivity index (χ2v) is 12.6. The number of carbonyl (C=O) groups excluding carboxylic acids is 3. The Morgan fingerprint density at radius 3 is 2.24 bits per heavy atom. The summed E-state index contributed by atoms with van der Waals surface area (Å²) in [5, 5.41) is 15.0. The first-order valence-electron chi connectivity index (χ1n) is 12.8. The van der Waals surface area contributed by atoms with Crippen LogP contribution < -0.4 is 10.6 Å². The summed E-state index contributed by atoms with van der Waals surface area (Å²) in [4.78, 5) is 39.1. The lowest BCUT2D eigenvalue weighted by atomic mass is 9.98. The first-order chi connectivity index (χ1) is 18.4. The molecule has 4 rings (SSSR count). The molecule has 2 aliphatic rings. The maximum Gasteiger partial charge on any atom is 0.407 e. The van der Waals surface area contributed by atoms with Crippen molar-refractivity contribution in [2.24, 2.45) is 0 Å². The number of benzene rings is 2. The van der Waals surface area contributed by atoms with Crippen LogP contribution in [0.25, 0.3) is 11.1 Å². The van der Waals surface area contributed by atoms with Crippen LogP contribution in [0.5, 0.6) is 0 Å². The topological polar surface area (TPSA) is 108 Å². The van der Waals surface area contributed by atoms with Crippen molar-refractivity contribution in [2.45, 2.75) is 44.2 Å². The van der Waals surface area contributed by atoms with Crippen LogP contribution in [0.3, 0.4) is 0 Å². The van der Waals surface area contributed by atoms with Gasteiger partial charge in [-0.25, -0.2) is 4.79 Å². The molecule has 2 aromatic rings. The number of nitriles is 1. The maximum absolute atomic E-state index is 13.2. The number of hydrogen-bond donors (Lipinski definition) is 2. The Hall–Kier alpha value is -3.09. The highest BCUT2D eigenvalue weighted by Crippen LogP contribution is 2.44. The standard InChI is InChI=1S/C29H33N3O4S2/c1-19(28(34)32-25(13-14-37-2)27(33)26(17-30)38-15-7-8-16-38)31-29(35)36-18-24-22-11-5-3-9-20(22)21-10-4-6-12-23(21)24/h3-6,9-12,19,24-25H,7-8,13-16,18H2,1-2H3,(H,31,35)(H,32,34)/t19-,25-/m0/s1. The molecule has 0 radical (unpaired) electrons. The third-order valence-electron chi connectivity index (χ3n) is 6.96.